The summed E-state index contributed by atoms with van der Waals surface area (Å²) in [6.07, 6.45) is 0. The average Bonchev–Trinajstić information content (AvgIpc) is 2.14. The predicted molar refractivity (Wildman–Crippen MR) is 65.5 cm³/mol. The summed E-state index contributed by atoms with van der Waals surface area (Å²) in [6, 6.07) is 5.04. The average molecular weight is 224 g/mol. The van der Waals surface area contributed by atoms with E-state index in [0.717, 1.165) is 24.2 Å². The van der Waals surface area contributed by atoms with Crippen molar-refractivity contribution in [2.75, 3.05) is 13.6 Å². The Balaban J connectivity index is 2.69. The zero-order chi connectivity index (χ0) is 12.1. The highest BCUT2D eigenvalue weighted by Gasteiger charge is 2.05. The van der Waals surface area contributed by atoms with Gasteiger partial charge in [0, 0.05) is 19.6 Å². The molecule has 0 bridgehead atoms. The first-order valence-corrected chi connectivity index (χ1v) is 5.68. The number of nitrogens with two attached hydrogens (primary N) is 1. The molecule has 0 aliphatic carbocycles. The Morgan fingerprint density at radius 1 is 1.25 bits per heavy atom. The van der Waals surface area contributed by atoms with Crippen molar-refractivity contribution in [3.05, 3.63) is 35.1 Å². The third kappa shape index (κ3) is 4.29. The molecule has 0 spiro atoms. The molecule has 0 aliphatic rings. The summed E-state index contributed by atoms with van der Waals surface area (Å²) in [5.41, 5.74) is 7.36. The highest BCUT2D eigenvalue weighted by atomic mass is 19.1. The quantitative estimate of drug-likeness (QED) is 0.832. The normalized spacial score (nSPS) is 11.4. The van der Waals surface area contributed by atoms with Crippen LogP contribution in [0.1, 0.15) is 25.0 Å². The van der Waals surface area contributed by atoms with Gasteiger partial charge >= 0.3 is 0 Å². The Morgan fingerprint density at radius 2 is 1.88 bits per heavy atom. The third-order valence-electron chi connectivity index (χ3n) is 2.38. The van der Waals surface area contributed by atoms with E-state index in [9.17, 15) is 4.39 Å². The lowest BCUT2D eigenvalue weighted by Crippen LogP contribution is -2.22. The molecule has 2 nitrogen and oxygen atoms in total. The number of hydrogen-bond donors (Lipinski definition) is 1. The molecule has 0 atom stereocenters. The van der Waals surface area contributed by atoms with Crippen molar-refractivity contribution in [2.45, 2.75) is 26.9 Å². The second kappa shape index (κ2) is 5.97. The zero-order valence-electron chi connectivity index (χ0n) is 10.3. The minimum Gasteiger partial charge on any atom is -0.326 e. The van der Waals surface area contributed by atoms with Crippen molar-refractivity contribution >= 4 is 0 Å². The highest BCUT2D eigenvalue weighted by molar-refractivity contribution is 5.24. The predicted octanol–water partition coefficient (Wildman–Crippen LogP) is 2.37. The van der Waals surface area contributed by atoms with Crippen molar-refractivity contribution in [3.63, 3.8) is 0 Å². The van der Waals surface area contributed by atoms with Crippen molar-refractivity contribution in [3.8, 4) is 0 Å². The maximum absolute atomic E-state index is 13.3. The van der Waals surface area contributed by atoms with E-state index in [-0.39, 0.29) is 5.82 Å². The Morgan fingerprint density at radius 3 is 2.44 bits per heavy atom. The maximum atomic E-state index is 13.3. The van der Waals surface area contributed by atoms with E-state index >= 15 is 0 Å². The summed E-state index contributed by atoms with van der Waals surface area (Å²) >= 11 is 0. The van der Waals surface area contributed by atoms with Gasteiger partial charge in [0.2, 0.25) is 0 Å². The monoisotopic (exact) mass is 224 g/mol. The first kappa shape index (κ1) is 13.1. The van der Waals surface area contributed by atoms with E-state index in [1.807, 2.05) is 13.1 Å². The van der Waals surface area contributed by atoms with Crippen molar-refractivity contribution in [1.82, 2.24) is 4.90 Å². The molecule has 0 saturated carbocycles. The molecule has 0 saturated heterocycles. The molecule has 0 radical (unpaired) electrons. The molecule has 0 heterocycles. The van der Waals surface area contributed by atoms with Gasteiger partial charge in [-0.25, -0.2) is 4.39 Å². The molecule has 1 aromatic rings. The van der Waals surface area contributed by atoms with Gasteiger partial charge in [0.25, 0.3) is 0 Å². The van der Waals surface area contributed by atoms with Crippen LogP contribution in [-0.4, -0.2) is 18.5 Å². The van der Waals surface area contributed by atoms with Crippen LogP contribution in [0.4, 0.5) is 4.39 Å². The highest BCUT2D eigenvalue weighted by Crippen LogP contribution is 2.11. The molecule has 1 rings (SSSR count). The molecule has 0 aromatic heterocycles. The second-order valence-electron chi connectivity index (χ2n) is 4.76. The summed E-state index contributed by atoms with van der Waals surface area (Å²) in [4.78, 5) is 2.19. The molecule has 0 fully saturated rings. The van der Waals surface area contributed by atoms with Gasteiger partial charge < -0.3 is 10.6 Å². The van der Waals surface area contributed by atoms with Crippen LogP contribution >= 0.6 is 0 Å². The molecular weight excluding hydrogens is 203 g/mol. The zero-order valence-corrected chi connectivity index (χ0v) is 10.3. The van der Waals surface area contributed by atoms with Gasteiger partial charge in [-0.05, 0) is 36.2 Å². The molecule has 2 N–H and O–H groups in total. The van der Waals surface area contributed by atoms with E-state index < -0.39 is 0 Å². The summed E-state index contributed by atoms with van der Waals surface area (Å²) in [6.45, 7) is 6.51. The fourth-order valence-electron chi connectivity index (χ4n) is 1.93. The van der Waals surface area contributed by atoms with Crippen LogP contribution in [-0.2, 0) is 13.1 Å². The lowest BCUT2D eigenvalue weighted by atomic mass is 10.1. The Labute approximate surface area is 97.3 Å². The first-order chi connectivity index (χ1) is 7.51. The summed E-state index contributed by atoms with van der Waals surface area (Å²) in [7, 11) is 2.05. The SMILES string of the molecule is CC(C)CN(C)Cc1cc(F)cc(CN)c1. The van der Waals surface area contributed by atoms with Crippen molar-refractivity contribution in [1.29, 1.82) is 0 Å². The van der Waals surface area contributed by atoms with Gasteiger partial charge in [-0.15, -0.1) is 0 Å². The van der Waals surface area contributed by atoms with Crippen LogP contribution in [0, 0.1) is 11.7 Å². The fourth-order valence-corrected chi connectivity index (χ4v) is 1.93. The molecule has 0 aliphatic heterocycles. The van der Waals surface area contributed by atoms with Crippen LogP contribution in [0.5, 0.6) is 0 Å². The lowest BCUT2D eigenvalue weighted by molar-refractivity contribution is 0.288. The van der Waals surface area contributed by atoms with E-state index in [1.165, 1.54) is 6.07 Å². The van der Waals surface area contributed by atoms with E-state index in [2.05, 4.69) is 18.7 Å². The van der Waals surface area contributed by atoms with Crippen molar-refractivity contribution in [2.24, 2.45) is 11.7 Å². The van der Waals surface area contributed by atoms with Gasteiger partial charge in [0.15, 0.2) is 0 Å². The van der Waals surface area contributed by atoms with Gasteiger partial charge in [-0.2, -0.15) is 0 Å². The minimum atomic E-state index is -0.198. The van der Waals surface area contributed by atoms with Crippen molar-refractivity contribution < 1.29 is 4.39 Å². The summed E-state index contributed by atoms with van der Waals surface area (Å²) in [5, 5.41) is 0. The minimum absolute atomic E-state index is 0.198. The van der Waals surface area contributed by atoms with Crippen LogP contribution < -0.4 is 5.73 Å². The first-order valence-electron chi connectivity index (χ1n) is 5.68. The van der Waals surface area contributed by atoms with E-state index in [4.69, 9.17) is 5.73 Å². The van der Waals surface area contributed by atoms with Crippen LogP contribution in [0.15, 0.2) is 18.2 Å². The molecule has 90 valence electrons. The second-order valence-corrected chi connectivity index (χ2v) is 4.76. The lowest BCUT2D eigenvalue weighted by Gasteiger charge is -2.19. The van der Waals surface area contributed by atoms with Gasteiger partial charge in [0.05, 0.1) is 0 Å². The topological polar surface area (TPSA) is 29.3 Å². The van der Waals surface area contributed by atoms with Crippen LogP contribution in [0.3, 0.4) is 0 Å². The number of rotatable bonds is 5. The van der Waals surface area contributed by atoms with Gasteiger partial charge in [-0.1, -0.05) is 19.9 Å². The Bertz CT molecular complexity index is 337. The molecule has 16 heavy (non-hydrogen) atoms. The molecule has 0 amide bonds. The summed E-state index contributed by atoms with van der Waals surface area (Å²) < 4.78 is 13.3. The van der Waals surface area contributed by atoms with E-state index in [0.29, 0.717) is 12.5 Å². The number of halogens is 1. The smallest absolute Gasteiger partial charge is 0.123 e. The molecular formula is C13H21FN2. The number of hydrogen-bond acceptors (Lipinski definition) is 2. The largest absolute Gasteiger partial charge is 0.326 e. The summed E-state index contributed by atoms with van der Waals surface area (Å²) in [5.74, 6) is 0.420. The third-order valence-corrected chi connectivity index (χ3v) is 2.38. The Kier molecular flexibility index (Phi) is 4.90. The molecule has 1 aromatic carbocycles. The maximum Gasteiger partial charge on any atom is 0.123 e. The molecule has 3 heteroatoms. The van der Waals surface area contributed by atoms with Crippen LogP contribution in [0.2, 0.25) is 0 Å². The molecule has 0 unspecified atom stereocenters. The van der Waals surface area contributed by atoms with Gasteiger partial charge in [0.1, 0.15) is 5.82 Å². The van der Waals surface area contributed by atoms with E-state index in [1.54, 1.807) is 6.07 Å². The number of benzene rings is 1. The number of nitrogens with zero attached hydrogens (tertiary/aromatic N) is 1. The van der Waals surface area contributed by atoms with Gasteiger partial charge in [-0.3, -0.25) is 0 Å². The fraction of sp³-hybridized carbons (Fsp3) is 0.538. The Hall–Kier alpha value is -0.930. The standard InChI is InChI=1S/C13H21FN2/c1-10(2)8-16(3)9-12-4-11(7-15)5-13(14)6-12/h4-6,10H,7-9,15H2,1-3H3. The van der Waals surface area contributed by atoms with Crippen LogP contribution in [0.25, 0.3) is 0 Å².